The summed E-state index contributed by atoms with van der Waals surface area (Å²) in [4.78, 5) is 27.7. The van der Waals surface area contributed by atoms with Gasteiger partial charge in [-0.2, -0.15) is 0 Å². The maximum atomic E-state index is 12.5. The minimum Gasteiger partial charge on any atom is -0.309 e. The van der Waals surface area contributed by atoms with Crippen molar-refractivity contribution < 1.29 is 4.79 Å². The Kier molecular flexibility index (Phi) is 3.66. The lowest BCUT2D eigenvalue weighted by atomic mass is 9.86. The van der Waals surface area contributed by atoms with E-state index in [9.17, 15) is 4.79 Å². The first-order valence-corrected chi connectivity index (χ1v) is 8.78. The molecule has 0 aliphatic carbocycles. The van der Waals surface area contributed by atoms with Crippen LogP contribution in [0.3, 0.4) is 0 Å². The first kappa shape index (κ1) is 14.8. The average molecular weight is 328 g/mol. The standard InChI is InChI=1S/C17H20N4OS/c1-13-2-3-15(23-13)9-20-5-4-17(10-20)6-16(22)21(11-17)14-7-18-12-19-8-14/h2-3,7-8,12H,4-6,9-11H2,1H3/t17-/m1/s1. The zero-order chi connectivity index (χ0) is 15.9. The number of carbonyl (C=O) groups is 1. The second-order valence-corrected chi connectivity index (χ2v) is 8.10. The molecular weight excluding hydrogens is 308 g/mol. The van der Waals surface area contributed by atoms with Crippen molar-refractivity contribution in [1.29, 1.82) is 0 Å². The number of hydrogen-bond acceptors (Lipinski definition) is 5. The maximum absolute atomic E-state index is 12.5. The molecule has 120 valence electrons. The van der Waals surface area contributed by atoms with Gasteiger partial charge in [-0.15, -0.1) is 11.3 Å². The van der Waals surface area contributed by atoms with E-state index < -0.39 is 0 Å². The van der Waals surface area contributed by atoms with Crippen molar-refractivity contribution in [2.24, 2.45) is 5.41 Å². The fourth-order valence-corrected chi connectivity index (χ4v) is 4.72. The van der Waals surface area contributed by atoms with Crippen LogP contribution < -0.4 is 4.90 Å². The van der Waals surface area contributed by atoms with Gasteiger partial charge in [0.25, 0.3) is 0 Å². The summed E-state index contributed by atoms with van der Waals surface area (Å²) in [7, 11) is 0. The highest BCUT2D eigenvalue weighted by Gasteiger charge is 2.47. The molecule has 0 unspecified atom stereocenters. The van der Waals surface area contributed by atoms with E-state index in [0.29, 0.717) is 6.42 Å². The number of aryl methyl sites for hydroxylation is 1. The number of hydrogen-bond donors (Lipinski definition) is 0. The summed E-state index contributed by atoms with van der Waals surface area (Å²) in [5.74, 6) is 0.202. The Morgan fingerprint density at radius 2 is 2.09 bits per heavy atom. The number of aromatic nitrogens is 2. The normalized spacial score (nSPS) is 24.9. The molecule has 1 amide bonds. The minimum absolute atomic E-state index is 0.0965. The second kappa shape index (κ2) is 5.69. The van der Waals surface area contributed by atoms with E-state index in [1.54, 1.807) is 12.4 Å². The summed E-state index contributed by atoms with van der Waals surface area (Å²) in [6.45, 7) is 6.01. The van der Waals surface area contributed by atoms with Gasteiger partial charge in [-0.05, 0) is 32.0 Å². The maximum Gasteiger partial charge on any atom is 0.227 e. The Balaban J connectivity index is 1.45. The van der Waals surface area contributed by atoms with E-state index in [-0.39, 0.29) is 11.3 Å². The number of rotatable bonds is 3. The summed E-state index contributed by atoms with van der Waals surface area (Å²) >= 11 is 1.87. The molecule has 4 heterocycles. The number of amides is 1. The van der Waals surface area contributed by atoms with Crippen LogP contribution in [0.2, 0.25) is 0 Å². The SMILES string of the molecule is Cc1ccc(CN2CC[C@@]3(CC(=O)N(c4cncnc4)C3)C2)s1. The molecule has 1 atom stereocenters. The third kappa shape index (κ3) is 2.88. The topological polar surface area (TPSA) is 49.3 Å². The molecule has 0 bridgehead atoms. The zero-order valence-electron chi connectivity index (χ0n) is 13.2. The molecule has 2 aromatic rings. The second-order valence-electron chi connectivity index (χ2n) is 6.73. The highest BCUT2D eigenvalue weighted by atomic mass is 32.1. The van der Waals surface area contributed by atoms with Gasteiger partial charge in [0.2, 0.25) is 5.91 Å². The van der Waals surface area contributed by atoms with Crippen LogP contribution in [0.4, 0.5) is 5.69 Å². The Bertz CT molecular complexity index is 716. The van der Waals surface area contributed by atoms with E-state index in [1.165, 1.54) is 16.1 Å². The van der Waals surface area contributed by atoms with Crippen LogP contribution in [-0.4, -0.2) is 40.4 Å². The van der Waals surface area contributed by atoms with E-state index in [2.05, 4.69) is 33.9 Å². The molecule has 2 aliphatic heterocycles. The van der Waals surface area contributed by atoms with E-state index in [0.717, 1.165) is 38.3 Å². The molecule has 5 nitrogen and oxygen atoms in total. The van der Waals surface area contributed by atoms with Gasteiger partial charge in [0.1, 0.15) is 6.33 Å². The van der Waals surface area contributed by atoms with Gasteiger partial charge in [-0.1, -0.05) is 0 Å². The van der Waals surface area contributed by atoms with Crippen molar-refractivity contribution in [3.63, 3.8) is 0 Å². The Morgan fingerprint density at radius 3 is 2.83 bits per heavy atom. The van der Waals surface area contributed by atoms with Gasteiger partial charge in [0.15, 0.2) is 0 Å². The van der Waals surface area contributed by atoms with Crippen molar-refractivity contribution in [1.82, 2.24) is 14.9 Å². The lowest BCUT2D eigenvalue weighted by Gasteiger charge is -2.23. The van der Waals surface area contributed by atoms with Crippen molar-refractivity contribution in [3.8, 4) is 0 Å². The van der Waals surface area contributed by atoms with Crippen LogP contribution in [0.15, 0.2) is 30.9 Å². The summed E-state index contributed by atoms with van der Waals surface area (Å²) in [5, 5.41) is 0. The van der Waals surface area contributed by atoms with Gasteiger partial charge in [-0.3, -0.25) is 9.69 Å². The van der Waals surface area contributed by atoms with Gasteiger partial charge in [0.05, 0.1) is 18.1 Å². The largest absolute Gasteiger partial charge is 0.309 e. The molecule has 2 aliphatic rings. The number of nitrogens with zero attached hydrogens (tertiary/aromatic N) is 4. The summed E-state index contributed by atoms with van der Waals surface area (Å²) < 4.78 is 0. The monoisotopic (exact) mass is 328 g/mol. The van der Waals surface area contributed by atoms with Crippen molar-refractivity contribution in [3.05, 3.63) is 40.6 Å². The van der Waals surface area contributed by atoms with Crippen LogP contribution >= 0.6 is 11.3 Å². The lowest BCUT2D eigenvalue weighted by molar-refractivity contribution is -0.117. The molecule has 2 aromatic heterocycles. The number of anilines is 1. The molecule has 0 aromatic carbocycles. The first-order chi connectivity index (χ1) is 11.1. The molecule has 0 radical (unpaired) electrons. The summed E-state index contributed by atoms with van der Waals surface area (Å²) in [6, 6.07) is 4.40. The van der Waals surface area contributed by atoms with Gasteiger partial charge >= 0.3 is 0 Å². The van der Waals surface area contributed by atoms with E-state index >= 15 is 0 Å². The smallest absolute Gasteiger partial charge is 0.227 e. The molecule has 4 rings (SSSR count). The highest BCUT2D eigenvalue weighted by molar-refractivity contribution is 7.11. The highest BCUT2D eigenvalue weighted by Crippen LogP contribution is 2.42. The van der Waals surface area contributed by atoms with Crippen molar-refractivity contribution in [2.45, 2.75) is 26.3 Å². The molecule has 1 spiro atoms. The van der Waals surface area contributed by atoms with Gasteiger partial charge in [-0.25, -0.2) is 9.97 Å². The number of thiophene rings is 1. The minimum atomic E-state index is 0.0965. The zero-order valence-corrected chi connectivity index (χ0v) is 14.1. The predicted octanol–water partition coefficient (Wildman–Crippen LogP) is 2.48. The van der Waals surface area contributed by atoms with Gasteiger partial charge < -0.3 is 4.90 Å². The lowest BCUT2D eigenvalue weighted by Crippen LogP contribution is -2.31. The van der Waals surface area contributed by atoms with Gasteiger partial charge in [0, 0.05) is 41.2 Å². The fourth-order valence-electron chi connectivity index (χ4n) is 3.79. The molecule has 2 fully saturated rings. The predicted molar refractivity (Wildman–Crippen MR) is 90.4 cm³/mol. The van der Waals surface area contributed by atoms with Crippen LogP contribution in [0.1, 0.15) is 22.6 Å². The molecule has 0 saturated carbocycles. The quantitative estimate of drug-likeness (QED) is 0.868. The molecule has 2 saturated heterocycles. The number of carbonyl (C=O) groups excluding carboxylic acids is 1. The van der Waals surface area contributed by atoms with Crippen LogP contribution in [0.25, 0.3) is 0 Å². The molecule has 0 N–H and O–H groups in total. The summed E-state index contributed by atoms with van der Waals surface area (Å²) in [6.07, 6.45) is 6.69. The van der Waals surface area contributed by atoms with Crippen LogP contribution in [0.5, 0.6) is 0 Å². The van der Waals surface area contributed by atoms with Crippen LogP contribution in [0, 0.1) is 12.3 Å². The third-order valence-corrected chi connectivity index (χ3v) is 5.86. The van der Waals surface area contributed by atoms with Crippen LogP contribution in [-0.2, 0) is 11.3 Å². The summed E-state index contributed by atoms with van der Waals surface area (Å²) in [5.41, 5.74) is 0.917. The molecular formula is C17H20N4OS. The van der Waals surface area contributed by atoms with E-state index in [1.807, 2.05) is 16.2 Å². The molecule has 23 heavy (non-hydrogen) atoms. The average Bonchev–Trinajstić information content (AvgIpc) is 3.22. The fraction of sp³-hybridized carbons (Fsp3) is 0.471. The third-order valence-electron chi connectivity index (χ3n) is 4.87. The Hall–Kier alpha value is -1.79. The Labute approximate surface area is 140 Å². The van der Waals surface area contributed by atoms with E-state index in [4.69, 9.17) is 0 Å². The van der Waals surface area contributed by atoms with Crippen molar-refractivity contribution >= 4 is 22.9 Å². The first-order valence-electron chi connectivity index (χ1n) is 7.97. The van der Waals surface area contributed by atoms with Crippen molar-refractivity contribution in [2.75, 3.05) is 24.5 Å². The Morgan fingerprint density at radius 1 is 1.26 bits per heavy atom. The molecule has 6 heteroatoms. The number of likely N-dealkylation sites (tertiary alicyclic amines) is 1.